The number of hydrogen-bond donors (Lipinski definition) is 2. The third-order valence-electron chi connectivity index (χ3n) is 2.76. The second kappa shape index (κ2) is 7.88. The number of hydrogen-bond acceptors (Lipinski definition) is 6. The number of nitrogens with zero attached hydrogens (tertiary/aromatic N) is 3. The summed E-state index contributed by atoms with van der Waals surface area (Å²) < 4.78 is 6.58. The summed E-state index contributed by atoms with van der Waals surface area (Å²) in [4.78, 5) is 13.6. The molecule has 0 saturated heterocycles. The van der Waals surface area contributed by atoms with Crippen molar-refractivity contribution >= 4 is 5.97 Å². The van der Waals surface area contributed by atoms with E-state index < -0.39 is 5.97 Å². The summed E-state index contributed by atoms with van der Waals surface area (Å²) in [6.45, 7) is 3.31. The highest BCUT2D eigenvalue weighted by Gasteiger charge is 2.19. The van der Waals surface area contributed by atoms with Crippen molar-refractivity contribution in [1.29, 1.82) is 0 Å². The van der Waals surface area contributed by atoms with Crippen LogP contribution < -0.4 is 0 Å². The van der Waals surface area contributed by atoms with Crippen molar-refractivity contribution < 1.29 is 19.7 Å². The molecule has 2 N–H and O–H groups in total. The fourth-order valence-corrected chi connectivity index (χ4v) is 1.79. The molecule has 0 atom stereocenters. The summed E-state index contributed by atoms with van der Waals surface area (Å²) in [6, 6.07) is 0. The van der Waals surface area contributed by atoms with Gasteiger partial charge in [-0.25, -0.2) is 4.79 Å². The van der Waals surface area contributed by atoms with Crippen LogP contribution in [0.1, 0.15) is 23.0 Å². The molecule has 7 heteroatoms. The van der Waals surface area contributed by atoms with E-state index in [1.54, 1.807) is 18.7 Å². The van der Waals surface area contributed by atoms with Crippen molar-refractivity contribution in [3.8, 4) is 0 Å². The van der Waals surface area contributed by atoms with Gasteiger partial charge in [-0.1, -0.05) is 0 Å². The Morgan fingerprint density at radius 2 is 2.05 bits per heavy atom. The number of aryl methyl sites for hydroxylation is 1. The Morgan fingerprint density at radius 1 is 1.42 bits per heavy atom. The molecule has 1 aromatic rings. The molecule has 0 spiro atoms. The van der Waals surface area contributed by atoms with Crippen LogP contribution in [0.3, 0.4) is 0 Å². The highest BCUT2D eigenvalue weighted by Crippen LogP contribution is 2.12. The van der Waals surface area contributed by atoms with Crippen LogP contribution >= 0.6 is 0 Å². The Labute approximate surface area is 112 Å². The number of carbonyl (C=O) groups is 1. The molecule has 0 aliphatic rings. The van der Waals surface area contributed by atoms with Gasteiger partial charge in [-0.3, -0.25) is 9.58 Å². The van der Waals surface area contributed by atoms with Crippen LogP contribution in [-0.2, 0) is 18.3 Å². The van der Waals surface area contributed by atoms with E-state index in [4.69, 9.17) is 14.9 Å². The lowest BCUT2D eigenvalue weighted by Gasteiger charge is -2.20. The van der Waals surface area contributed by atoms with Crippen molar-refractivity contribution in [3.63, 3.8) is 0 Å². The van der Waals surface area contributed by atoms with Gasteiger partial charge in [0.2, 0.25) is 0 Å². The second-order valence-corrected chi connectivity index (χ2v) is 4.07. The predicted molar refractivity (Wildman–Crippen MR) is 68.6 cm³/mol. The molecule has 19 heavy (non-hydrogen) atoms. The summed E-state index contributed by atoms with van der Waals surface area (Å²) in [5.41, 5.74) is 1.13. The predicted octanol–water partition coefficient (Wildman–Crippen LogP) is -0.617. The Balaban J connectivity index is 2.85. The van der Waals surface area contributed by atoms with Crippen LogP contribution in [0.5, 0.6) is 0 Å². The molecule has 0 aliphatic carbocycles. The van der Waals surface area contributed by atoms with Crippen molar-refractivity contribution in [2.45, 2.75) is 13.5 Å². The van der Waals surface area contributed by atoms with Gasteiger partial charge >= 0.3 is 5.97 Å². The highest BCUT2D eigenvalue weighted by atomic mass is 16.5. The van der Waals surface area contributed by atoms with Crippen LogP contribution in [0.25, 0.3) is 0 Å². The molecule has 0 bridgehead atoms. The van der Waals surface area contributed by atoms with Crippen LogP contribution in [-0.4, -0.2) is 63.8 Å². The molecular weight excluding hydrogens is 250 g/mol. The van der Waals surface area contributed by atoms with Crippen LogP contribution in [0.2, 0.25) is 0 Å². The van der Waals surface area contributed by atoms with E-state index in [9.17, 15) is 4.79 Å². The van der Waals surface area contributed by atoms with Gasteiger partial charge in [-0.2, -0.15) is 5.10 Å². The quantitative estimate of drug-likeness (QED) is 0.613. The standard InChI is InChI=1S/C12H21N3O4/c1-3-19-12(18)10-8-13-14(2)11(10)9-15(4-6-16)5-7-17/h8,16-17H,3-7,9H2,1-2H3. The zero-order chi connectivity index (χ0) is 14.3. The van der Waals surface area contributed by atoms with Gasteiger partial charge < -0.3 is 14.9 Å². The fourth-order valence-electron chi connectivity index (χ4n) is 1.79. The third-order valence-corrected chi connectivity index (χ3v) is 2.76. The van der Waals surface area contributed by atoms with E-state index in [0.29, 0.717) is 37.5 Å². The van der Waals surface area contributed by atoms with E-state index in [1.807, 2.05) is 4.90 Å². The first-order valence-corrected chi connectivity index (χ1v) is 6.26. The monoisotopic (exact) mass is 271 g/mol. The minimum absolute atomic E-state index is 0.00735. The highest BCUT2D eigenvalue weighted by molar-refractivity contribution is 5.90. The molecule has 0 amide bonds. The fraction of sp³-hybridized carbons (Fsp3) is 0.667. The SMILES string of the molecule is CCOC(=O)c1cnn(C)c1CN(CCO)CCO. The van der Waals surface area contributed by atoms with Gasteiger partial charge in [0.15, 0.2) is 0 Å². The molecule has 7 nitrogen and oxygen atoms in total. The molecule has 108 valence electrons. The maximum atomic E-state index is 11.8. The molecule has 1 heterocycles. The zero-order valence-electron chi connectivity index (χ0n) is 11.4. The number of rotatable bonds is 8. The van der Waals surface area contributed by atoms with Crippen molar-refractivity contribution in [2.24, 2.45) is 7.05 Å². The third kappa shape index (κ3) is 4.30. The van der Waals surface area contributed by atoms with Crippen molar-refractivity contribution in [3.05, 3.63) is 17.5 Å². The summed E-state index contributed by atoms with van der Waals surface area (Å²) in [5, 5.41) is 22.0. The Kier molecular flexibility index (Phi) is 6.48. The Morgan fingerprint density at radius 3 is 2.58 bits per heavy atom. The van der Waals surface area contributed by atoms with Gasteiger partial charge in [0, 0.05) is 26.7 Å². The first kappa shape index (κ1) is 15.6. The number of carbonyl (C=O) groups excluding carboxylic acids is 1. The first-order chi connectivity index (χ1) is 9.13. The van der Waals surface area contributed by atoms with E-state index in [1.165, 1.54) is 6.20 Å². The van der Waals surface area contributed by atoms with Gasteiger partial charge in [-0.05, 0) is 6.92 Å². The Hall–Kier alpha value is -1.44. The maximum absolute atomic E-state index is 11.8. The van der Waals surface area contributed by atoms with Crippen molar-refractivity contribution in [2.75, 3.05) is 32.9 Å². The van der Waals surface area contributed by atoms with E-state index in [-0.39, 0.29) is 13.2 Å². The van der Waals surface area contributed by atoms with Gasteiger partial charge in [0.1, 0.15) is 5.56 Å². The van der Waals surface area contributed by atoms with Crippen LogP contribution in [0.4, 0.5) is 0 Å². The summed E-state index contributed by atoms with van der Waals surface area (Å²) >= 11 is 0. The molecule has 0 radical (unpaired) electrons. The zero-order valence-corrected chi connectivity index (χ0v) is 11.4. The molecule has 0 saturated carbocycles. The number of aliphatic hydroxyl groups excluding tert-OH is 2. The molecular formula is C12H21N3O4. The maximum Gasteiger partial charge on any atom is 0.341 e. The second-order valence-electron chi connectivity index (χ2n) is 4.07. The molecule has 0 aliphatic heterocycles. The van der Waals surface area contributed by atoms with E-state index >= 15 is 0 Å². The lowest BCUT2D eigenvalue weighted by Crippen LogP contribution is -2.31. The number of aliphatic hydroxyl groups is 2. The average molecular weight is 271 g/mol. The lowest BCUT2D eigenvalue weighted by molar-refractivity contribution is 0.0523. The molecule has 1 aromatic heterocycles. The molecule has 0 unspecified atom stereocenters. The van der Waals surface area contributed by atoms with Gasteiger partial charge in [-0.15, -0.1) is 0 Å². The molecule has 1 rings (SSSR count). The number of ether oxygens (including phenoxy) is 1. The number of aromatic nitrogens is 2. The lowest BCUT2D eigenvalue weighted by atomic mass is 10.2. The summed E-state index contributed by atoms with van der Waals surface area (Å²) in [6.07, 6.45) is 1.48. The van der Waals surface area contributed by atoms with Gasteiger partial charge in [0.05, 0.1) is 31.7 Å². The molecule has 0 aromatic carbocycles. The summed E-state index contributed by atoms with van der Waals surface area (Å²) in [5.74, 6) is -0.404. The Bertz CT molecular complexity index is 400. The normalized spacial score (nSPS) is 11.0. The topological polar surface area (TPSA) is 87.8 Å². The minimum Gasteiger partial charge on any atom is -0.462 e. The smallest absolute Gasteiger partial charge is 0.341 e. The van der Waals surface area contributed by atoms with Crippen molar-refractivity contribution in [1.82, 2.24) is 14.7 Å². The van der Waals surface area contributed by atoms with Gasteiger partial charge in [0.25, 0.3) is 0 Å². The minimum atomic E-state index is -0.404. The van der Waals surface area contributed by atoms with Crippen LogP contribution in [0, 0.1) is 0 Å². The van der Waals surface area contributed by atoms with Crippen LogP contribution in [0.15, 0.2) is 6.20 Å². The first-order valence-electron chi connectivity index (χ1n) is 6.26. The molecule has 0 fully saturated rings. The number of esters is 1. The average Bonchev–Trinajstić information content (AvgIpc) is 2.72. The van der Waals surface area contributed by atoms with E-state index in [2.05, 4.69) is 5.10 Å². The summed E-state index contributed by atoms with van der Waals surface area (Å²) in [7, 11) is 1.74. The van der Waals surface area contributed by atoms with E-state index in [0.717, 1.165) is 0 Å². The largest absolute Gasteiger partial charge is 0.462 e.